The molecule has 3 N–H and O–H groups in total. The van der Waals surface area contributed by atoms with Gasteiger partial charge >= 0.3 is 12.1 Å². The summed E-state index contributed by atoms with van der Waals surface area (Å²) < 4.78 is 46.7. The predicted molar refractivity (Wildman–Crippen MR) is 119 cm³/mol. The Morgan fingerprint density at radius 1 is 1.26 bits per heavy atom. The van der Waals surface area contributed by atoms with Crippen LogP contribution >= 0.6 is 0 Å². The summed E-state index contributed by atoms with van der Waals surface area (Å²) in [6.07, 6.45) is -3.42. The maximum Gasteiger partial charge on any atom is 0.416 e. The molecule has 34 heavy (non-hydrogen) atoms. The van der Waals surface area contributed by atoms with Crippen molar-refractivity contribution in [3.63, 3.8) is 0 Å². The van der Waals surface area contributed by atoms with Gasteiger partial charge in [0.05, 0.1) is 36.4 Å². The van der Waals surface area contributed by atoms with Crippen molar-refractivity contribution in [1.29, 1.82) is 0 Å². The molecule has 0 aliphatic heterocycles. The molecule has 0 aliphatic rings. The SMILES string of the molecule is COc1nc2c(cc1NCc1ccccc1C(F)(F)F)c(=O)c(C(=O)O)cn2[C@H](CO)C(C)C. The molecule has 0 unspecified atom stereocenters. The van der Waals surface area contributed by atoms with Crippen LogP contribution in [0.1, 0.15) is 41.4 Å². The molecule has 1 atom stereocenters. The van der Waals surface area contributed by atoms with Crippen molar-refractivity contribution in [2.75, 3.05) is 19.0 Å². The monoisotopic (exact) mass is 479 g/mol. The number of pyridine rings is 2. The third-order valence-corrected chi connectivity index (χ3v) is 5.50. The van der Waals surface area contributed by atoms with E-state index in [1.165, 1.54) is 35.9 Å². The minimum absolute atomic E-state index is 0.00587. The molecule has 11 heteroatoms. The first-order valence-corrected chi connectivity index (χ1v) is 10.4. The normalized spacial score (nSPS) is 12.7. The van der Waals surface area contributed by atoms with Crippen molar-refractivity contribution in [2.24, 2.45) is 5.92 Å². The zero-order valence-electron chi connectivity index (χ0n) is 18.7. The standard InChI is InChI=1S/C23H24F3N3O5/c1-12(2)18(11-30)29-10-15(22(32)33)19(31)14-8-17(21(34-3)28-20(14)29)27-9-13-6-4-5-7-16(13)23(24,25)26/h4-8,10,12,18,27,30H,9,11H2,1-3H3,(H,32,33)/t18-/m1/s1. The Labute approximate surface area is 192 Å². The highest BCUT2D eigenvalue weighted by atomic mass is 19.4. The average molecular weight is 479 g/mol. The molecule has 8 nitrogen and oxygen atoms in total. The van der Waals surface area contributed by atoms with E-state index in [1.54, 1.807) is 0 Å². The quantitative estimate of drug-likeness (QED) is 0.449. The molecule has 0 saturated carbocycles. The molecule has 3 rings (SSSR count). The smallest absolute Gasteiger partial charge is 0.416 e. The Balaban J connectivity index is 2.18. The van der Waals surface area contributed by atoms with Crippen molar-refractivity contribution in [2.45, 2.75) is 32.6 Å². The number of benzene rings is 1. The summed E-state index contributed by atoms with van der Waals surface area (Å²) in [6, 6.07) is 5.76. The van der Waals surface area contributed by atoms with Gasteiger partial charge in [-0.1, -0.05) is 32.0 Å². The second-order valence-electron chi connectivity index (χ2n) is 8.00. The van der Waals surface area contributed by atoms with E-state index in [0.717, 1.165) is 12.3 Å². The van der Waals surface area contributed by atoms with Crippen LogP contribution in [0.5, 0.6) is 5.88 Å². The Hall–Kier alpha value is -3.60. The molecular formula is C23H24F3N3O5. The third-order valence-electron chi connectivity index (χ3n) is 5.50. The lowest BCUT2D eigenvalue weighted by Gasteiger charge is -2.24. The molecule has 0 aliphatic carbocycles. The molecule has 0 fully saturated rings. The Kier molecular flexibility index (Phi) is 7.15. The lowest BCUT2D eigenvalue weighted by molar-refractivity contribution is -0.138. The minimum Gasteiger partial charge on any atom is -0.479 e. The molecule has 2 aromatic heterocycles. The molecule has 2 heterocycles. The number of anilines is 1. The zero-order chi connectivity index (χ0) is 25.2. The lowest BCUT2D eigenvalue weighted by Crippen LogP contribution is -2.26. The van der Waals surface area contributed by atoms with Crippen molar-refractivity contribution in [3.05, 3.63) is 63.4 Å². The first-order valence-electron chi connectivity index (χ1n) is 10.4. The molecule has 3 aromatic rings. The number of alkyl halides is 3. The summed E-state index contributed by atoms with van der Waals surface area (Å²) in [7, 11) is 1.31. The number of ether oxygens (including phenoxy) is 1. The van der Waals surface area contributed by atoms with Gasteiger partial charge in [-0.05, 0) is 23.6 Å². The number of halogens is 3. The second-order valence-corrected chi connectivity index (χ2v) is 8.00. The van der Waals surface area contributed by atoms with Crippen LogP contribution in [0.2, 0.25) is 0 Å². The summed E-state index contributed by atoms with van der Waals surface area (Å²) in [5, 5.41) is 22.1. The van der Waals surface area contributed by atoms with Crippen LogP contribution in [-0.2, 0) is 12.7 Å². The number of aromatic nitrogens is 2. The van der Waals surface area contributed by atoms with Crippen molar-refractivity contribution >= 4 is 22.7 Å². The number of rotatable bonds is 8. The maximum absolute atomic E-state index is 13.3. The number of hydrogen-bond donors (Lipinski definition) is 3. The van der Waals surface area contributed by atoms with Crippen LogP contribution in [0.25, 0.3) is 11.0 Å². The summed E-state index contributed by atoms with van der Waals surface area (Å²) in [5.74, 6) is -1.60. The fraction of sp³-hybridized carbons (Fsp3) is 0.348. The van der Waals surface area contributed by atoms with E-state index in [9.17, 15) is 33.0 Å². The van der Waals surface area contributed by atoms with Gasteiger partial charge in [0, 0.05) is 12.7 Å². The van der Waals surface area contributed by atoms with E-state index < -0.39 is 34.7 Å². The molecule has 0 amide bonds. The van der Waals surface area contributed by atoms with Crippen molar-refractivity contribution < 1.29 is 32.9 Å². The Morgan fingerprint density at radius 3 is 2.50 bits per heavy atom. The average Bonchev–Trinajstić information content (AvgIpc) is 2.78. The number of nitrogens with zero attached hydrogens (tertiary/aromatic N) is 2. The fourth-order valence-electron chi connectivity index (χ4n) is 3.70. The third kappa shape index (κ3) is 4.84. The van der Waals surface area contributed by atoms with E-state index in [1.807, 2.05) is 13.8 Å². The van der Waals surface area contributed by atoms with Gasteiger partial charge in [0.2, 0.25) is 11.3 Å². The molecule has 182 valence electrons. The van der Waals surface area contributed by atoms with Crippen LogP contribution in [0.3, 0.4) is 0 Å². The Bertz CT molecular complexity index is 1270. The van der Waals surface area contributed by atoms with Gasteiger partial charge in [-0.25, -0.2) is 4.79 Å². The van der Waals surface area contributed by atoms with Gasteiger partial charge < -0.3 is 24.8 Å². The topological polar surface area (TPSA) is 114 Å². The van der Waals surface area contributed by atoms with Crippen molar-refractivity contribution in [3.8, 4) is 5.88 Å². The summed E-state index contributed by atoms with van der Waals surface area (Å²) in [4.78, 5) is 28.9. The van der Waals surface area contributed by atoms with Crippen molar-refractivity contribution in [1.82, 2.24) is 9.55 Å². The number of methoxy groups -OCH3 is 1. The first kappa shape index (κ1) is 25.0. The number of aliphatic hydroxyl groups is 1. The molecular weight excluding hydrogens is 455 g/mol. The van der Waals surface area contributed by atoms with Crippen LogP contribution in [0, 0.1) is 5.92 Å². The summed E-state index contributed by atoms with van der Waals surface area (Å²) >= 11 is 0. The van der Waals surface area contributed by atoms with Crippen LogP contribution in [0.15, 0.2) is 41.3 Å². The minimum atomic E-state index is -4.55. The van der Waals surface area contributed by atoms with E-state index >= 15 is 0 Å². The highest BCUT2D eigenvalue weighted by Crippen LogP contribution is 2.33. The summed E-state index contributed by atoms with van der Waals surface area (Å²) in [5.41, 5.74) is -1.98. The molecule has 0 bridgehead atoms. The molecule has 0 spiro atoms. The van der Waals surface area contributed by atoms with Gasteiger partial charge in [0.25, 0.3) is 0 Å². The molecule has 0 saturated heterocycles. The zero-order valence-corrected chi connectivity index (χ0v) is 18.7. The lowest BCUT2D eigenvalue weighted by atomic mass is 10.0. The predicted octanol–water partition coefficient (Wildman–Crippen LogP) is 3.92. The van der Waals surface area contributed by atoms with Gasteiger partial charge in [-0.2, -0.15) is 18.2 Å². The van der Waals surface area contributed by atoms with E-state index in [-0.39, 0.29) is 47.2 Å². The molecule has 0 radical (unpaired) electrons. The highest BCUT2D eigenvalue weighted by molar-refractivity contribution is 5.93. The van der Waals surface area contributed by atoms with Crippen LogP contribution in [-0.4, -0.2) is 39.5 Å². The first-order chi connectivity index (χ1) is 16.0. The Morgan fingerprint density at radius 2 is 1.94 bits per heavy atom. The fourth-order valence-corrected chi connectivity index (χ4v) is 3.70. The molecule has 1 aromatic carbocycles. The number of nitrogens with one attached hydrogen (secondary N) is 1. The number of aromatic carboxylic acids is 1. The van der Waals surface area contributed by atoms with E-state index in [4.69, 9.17) is 4.74 Å². The number of carboxylic acids is 1. The van der Waals surface area contributed by atoms with Gasteiger partial charge in [0.1, 0.15) is 11.2 Å². The van der Waals surface area contributed by atoms with Gasteiger partial charge in [-0.3, -0.25) is 4.79 Å². The van der Waals surface area contributed by atoms with Gasteiger partial charge in [0.15, 0.2) is 0 Å². The number of carbonyl (C=O) groups is 1. The van der Waals surface area contributed by atoms with Gasteiger partial charge in [-0.15, -0.1) is 0 Å². The number of aliphatic hydroxyl groups excluding tert-OH is 1. The largest absolute Gasteiger partial charge is 0.479 e. The maximum atomic E-state index is 13.3. The van der Waals surface area contributed by atoms with E-state index in [2.05, 4.69) is 10.3 Å². The summed E-state index contributed by atoms with van der Waals surface area (Å²) in [6.45, 7) is 3.04. The van der Waals surface area contributed by atoms with Crippen LogP contribution < -0.4 is 15.5 Å². The number of fused-ring (bicyclic) bond motifs is 1. The van der Waals surface area contributed by atoms with E-state index in [0.29, 0.717) is 0 Å². The van der Waals surface area contributed by atoms with Crippen LogP contribution in [0.4, 0.5) is 18.9 Å². The highest BCUT2D eigenvalue weighted by Gasteiger charge is 2.33. The number of carboxylic acid groups (broad SMARTS) is 1. The number of hydrogen-bond acceptors (Lipinski definition) is 6. The second kappa shape index (κ2) is 9.72.